The second-order valence-corrected chi connectivity index (χ2v) is 5.39. The van der Waals surface area contributed by atoms with Crippen LogP contribution >= 0.6 is 15.9 Å². The molecule has 0 heterocycles. The van der Waals surface area contributed by atoms with Gasteiger partial charge in [0.2, 0.25) is 0 Å². The maximum atomic E-state index is 5.69. The minimum absolute atomic E-state index is 0.418. The Balaban J connectivity index is 2.25. The summed E-state index contributed by atoms with van der Waals surface area (Å²) in [7, 11) is 0. The third-order valence-electron chi connectivity index (χ3n) is 3.53. The van der Waals surface area contributed by atoms with Crippen LogP contribution in [0.2, 0.25) is 0 Å². The predicted molar refractivity (Wildman–Crippen MR) is 71.1 cm³/mol. The molecule has 0 saturated heterocycles. The summed E-state index contributed by atoms with van der Waals surface area (Å²) >= 11 is 3.65. The van der Waals surface area contributed by atoms with Gasteiger partial charge in [0, 0.05) is 16.4 Å². The standard InChI is InChI=1S/C13H19BrN2/c14-12-8-5-4-6-10(12)11-7-2-1-3-9-13(11)16-15/h4-6,8,11,13,16H,1-3,7,9,15H2. The van der Waals surface area contributed by atoms with Crippen LogP contribution in [0.25, 0.3) is 0 Å². The second-order valence-electron chi connectivity index (χ2n) is 4.54. The number of nitrogens with two attached hydrogens (primary N) is 1. The number of benzene rings is 1. The number of rotatable bonds is 2. The topological polar surface area (TPSA) is 38.0 Å². The summed E-state index contributed by atoms with van der Waals surface area (Å²) in [6.07, 6.45) is 6.35. The number of hydrogen-bond donors (Lipinski definition) is 2. The van der Waals surface area contributed by atoms with E-state index in [9.17, 15) is 0 Å². The zero-order chi connectivity index (χ0) is 11.4. The third kappa shape index (κ3) is 2.65. The van der Waals surface area contributed by atoms with Crippen molar-refractivity contribution in [1.82, 2.24) is 5.43 Å². The van der Waals surface area contributed by atoms with Gasteiger partial charge in [-0.2, -0.15) is 0 Å². The van der Waals surface area contributed by atoms with E-state index in [4.69, 9.17) is 5.84 Å². The average Bonchev–Trinajstić information content (AvgIpc) is 2.54. The number of halogens is 1. The lowest BCUT2D eigenvalue weighted by Gasteiger charge is -2.25. The highest BCUT2D eigenvalue weighted by Crippen LogP contribution is 2.35. The molecule has 0 amide bonds. The predicted octanol–water partition coefficient (Wildman–Crippen LogP) is 3.33. The molecular weight excluding hydrogens is 264 g/mol. The lowest BCUT2D eigenvalue weighted by molar-refractivity contribution is 0.418. The van der Waals surface area contributed by atoms with Crippen LogP contribution in [0.3, 0.4) is 0 Å². The molecule has 0 aromatic heterocycles. The SMILES string of the molecule is NNC1CCCCCC1c1ccccc1Br. The highest BCUT2D eigenvalue weighted by molar-refractivity contribution is 9.10. The van der Waals surface area contributed by atoms with E-state index < -0.39 is 0 Å². The van der Waals surface area contributed by atoms with Crippen molar-refractivity contribution in [3.63, 3.8) is 0 Å². The lowest BCUT2D eigenvalue weighted by Crippen LogP contribution is -2.39. The molecule has 88 valence electrons. The first kappa shape index (κ1) is 12.1. The fourth-order valence-electron chi connectivity index (χ4n) is 2.66. The molecule has 0 spiro atoms. The lowest BCUT2D eigenvalue weighted by atomic mass is 9.88. The maximum absolute atomic E-state index is 5.69. The molecule has 1 saturated carbocycles. The van der Waals surface area contributed by atoms with Crippen LogP contribution in [0, 0.1) is 0 Å². The van der Waals surface area contributed by atoms with Gasteiger partial charge >= 0.3 is 0 Å². The molecule has 16 heavy (non-hydrogen) atoms. The first-order chi connectivity index (χ1) is 7.83. The van der Waals surface area contributed by atoms with Gasteiger partial charge in [-0.25, -0.2) is 0 Å². The van der Waals surface area contributed by atoms with Crippen molar-refractivity contribution in [2.45, 2.75) is 44.1 Å². The van der Waals surface area contributed by atoms with Crippen LogP contribution in [-0.2, 0) is 0 Å². The first-order valence-electron chi connectivity index (χ1n) is 6.03. The van der Waals surface area contributed by atoms with Gasteiger partial charge in [-0.3, -0.25) is 11.3 Å². The van der Waals surface area contributed by atoms with Crippen LogP contribution in [0.1, 0.15) is 43.6 Å². The summed E-state index contributed by atoms with van der Waals surface area (Å²) < 4.78 is 1.21. The Kier molecular flexibility index (Phi) is 4.38. The smallest absolute Gasteiger partial charge is 0.0279 e. The van der Waals surface area contributed by atoms with Gasteiger partial charge in [0.15, 0.2) is 0 Å². The summed E-state index contributed by atoms with van der Waals surface area (Å²) in [5, 5.41) is 0. The van der Waals surface area contributed by atoms with E-state index in [1.165, 1.54) is 42.1 Å². The quantitative estimate of drug-likeness (QED) is 0.496. The van der Waals surface area contributed by atoms with Gasteiger partial charge < -0.3 is 0 Å². The van der Waals surface area contributed by atoms with Crippen molar-refractivity contribution in [2.24, 2.45) is 5.84 Å². The van der Waals surface area contributed by atoms with Crippen molar-refractivity contribution in [3.8, 4) is 0 Å². The molecule has 0 aliphatic heterocycles. The van der Waals surface area contributed by atoms with Crippen LogP contribution in [-0.4, -0.2) is 6.04 Å². The van der Waals surface area contributed by atoms with Crippen LogP contribution in [0.15, 0.2) is 28.7 Å². The molecule has 0 radical (unpaired) electrons. The highest BCUT2D eigenvalue weighted by atomic mass is 79.9. The van der Waals surface area contributed by atoms with Crippen molar-refractivity contribution >= 4 is 15.9 Å². The molecule has 0 bridgehead atoms. The molecular formula is C13H19BrN2. The van der Waals surface area contributed by atoms with E-state index in [1.807, 2.05) is 0 Å². The average molecular weight is 283 g/mol. The van der Waals surface area contributed by atoms with Crippen LogP contribution < -0.4 is 11.3 Å². The molecule has 2 unspecified atom stereocenters. The fraction of sp³-hybridized carbons (Fsp3) is 0.538. The molecule has 1 aromatic rings. The third-order valence-corrected chi connectivity index (χ3v) is 4.26. The van der Waals surface area contributed by atoms with E-state index in [1.54, 1.807) is 0 Å². The summed E-state index contributed by atoms with van der Waals surface area (Å²) in [4.78, 5) is 0. The van der Waals surface area contributed by atoms with Crippen molar-refractivity contribution < 1.29 is 0 Å². The van der Waals surface area contributed by atoms with Crippen LogP contribution in [0.4, 0.5) is 0 Å². The van der Waals surface area contributed by atoms with Gasteiger partial charge in [0.05, 0.1) is 0 Å². The Bertz CT molecular complexity index is 340. The molecule has 3 heteroatoms. The number of nitrogens with one attached hydrogen (secondary N) is 1. The minimum Gasteiger partial charge on any atom is -0.271 e. The van der Waals surface area contributed by atoms with E-state index in [0.29, 0.717) is 12.0 Å². The van der Waals surface area contributed by atoms with Crippen molar-refractivity contribution in [1.29, 1.82) is 0 Å². The Morgan fingerprint density at radius 3 is 2.62 bits per heavy atom. The van der Waals surface area contributed by atoms with Gasteiger partial charge in [0.25, 0.3) is 0 Å². The van der Waals surface area contributed by atoms with Gasteiger partial charge in [-0.1, -0.05) is 53.4 Å². The van der Waals surface area contributed by atoms with E-state index >= 15 is 0 Å². The molecule has 2 atom stereocenters. The van der Waals surface area contributed by atoms with Gasteiger partial charge in [-0.05, 0) is 24.5 Å². The molecule has 3 N–H and O–H groups in total. The minimum atomic E-state index is 0.418. The van der Waals surface area contributed by atoms with Crippen molar-refractivity contribution in [3.05, 3.63) is 34.3 Å². The molecule has 2 rings (SSSR count). The van der Waals surface area contributed by atoms with E-state index in [-0.39, 0.29) is 0 Å². The van der Waals surface area contributed by atoms with Gasteiger partial charge in [-0.15, -0.1) is 0 Å². The fourth-order valence-corrected chi connectivity index (χ4v) is 3.23. The normalized spacial score (nSPS) is 26.4. The Hall–Kier alpha value is -0.380. The number of hydrogen-bond acceptors (Lipinski definition) is 2. The largest absolute Gasteiger partial charge is 0.271 e. The summed E-state index contributed by atoms with van der Waals surface area (Å²) in [6.45, 7) is 0. The van der Waals surface area contributed by atoms with E-state index in [2.05, 4.69) is 45.6 Å². The molecule has 1 aliphatic rings. The molecule has 1 aromatic carbocycles. The van der Waals surface area contributed by atoms with Crippen LogP contribution in [0.5, 0.6) is 0 Å². The molecule has 2 nitrogen and oxygen atoms in total. The zero-order valence-corrected chi connectivity index (χ0v) is 11.0. The summed E-state index contributed by atoms with van der Waals surface area (Å²) in [6, 6.07) is 8.92. The highest BCUT2D eigenvalue weighted by Gasteiger charge is 2.25. The second kappa shape index (κ2) is 5.80. The van der Waals surface area contributed by atoms with E-state index in [0.717, 1.165) is 0 Å². The maximum Gasteiger partial charge on any atom is 0.0279 e. The summed E-state index contributed by atoms with van der Waals surface area (Å²) in [5.74, 6) is 6.23. The van der Waals surface area contributed by atoms with Crippen molar-refractivity contribution in [2.75, 3.05) is 0 Å². The monoisotopic (exact) mass is 282 g/mol. The number of hydrazine groups is 1. The Labute approximate surface area is 106 Å². The van der Waals surface area contributed by atoms with Gasteiger partial charge in [0.1, 0.15) is 0 Å². The Morgan fingerprint density at radius 1 is 1.12 bits per heavy atom. The molecule has 1 aliphatic carbocycles. The first-order valence-corrected chi connectivity index (χ1v) is 6.83. The Morgan fingerprint density at radius 2 is 1.88 bits per heavy atom. The molecule has 1 fully saturated rings. The summed E-state index contributed by atoms with van der Waals surface area (Å²) in [5.41, 5.74) is 4.39. The zero-order valence-electron chi connectivity index (χ0n) is 9.45.